The summed E-state index contributed by atoms with van der Waals surface area (Å²) >= 11 is 0. The summed E-state index contributed by atoms with van der Waals surface area (Å²) in [5.41, 5.74) is 6.14. The van der Waals surface area contributed by atoms with Gasteiger partial charge in [-0.15, -0.1) is 0 Å². The average Bonchev–Trinajstić information content (AvgIpc) is 2.78. The van der Waals surface area contributed by atoms with Crippen molar-refractivity contribution in [3.05, 3.63) is 12.4 Å². The zero-order chi connectivity index (χ0) is 14.1. The van der Waals surface area contributed by atoms with Gasteiger partial charge in [0.2, 0.25) is 0 Å². The summed E-state index contributed by atoms with van der Waals surface area (Å²) < 4.78 is 6.63. The minimum Gasteiger partial charge on any atom is -0.396 e. The van der Waals surface area contributed by atoms with Crippen molar-refractivity contribution in [2.75, 3.05) is 39.1 Å². The van der Waals surface area contributed by atoms with Crippen LogP contribution in [0.3, 0.4) is 0 Å². The fraction of sp³-hybridized carbons (Fsp3) is 0.667. The molecule has 0 saturated carbocycles. The van der Waals surface area contributed by atoms with Crippen molar-refractivity contribution in [1.29, 1.82) is 5.26 Å². The Morgan fingerprint density at radius 2 is 2.42 bits per heavy atom. The molecule has 106 valence electrons. The van der Waals surface area contributed by atoms with Crippen molar-refractivity contribution in [3.8, 4) is 6.07 Å². The Bertz CT molecular complexity index is 401. The number of anilines is 1. The number of aliphatic hydroxyl groups excluding tert-OH is 1. The molecule has 1 aromatic rings. The van der Waals surface area contributed by atoms with E-state index in [9.17, 15) is 5.11 Å². The second-order valence-corrected chi connectivity index (χ2v) is 4.35. The highest BCUT2D eigenvalue weighted by molar-refractivity contribution is 5.30. The van der Waals surface area contributed by atoms with Crippen molar-refractivity contribution < 1.29 is 9.84 Å². The minimum absolute atomic E-state index is 0.382. The first-order valence-corrected chi connectivity index (χ1v) is 6.20. The number of hydrogen-bond acceptors (Lipinski definition) is 6. The van der Waals surface area contributed by atoms with Gasteiger partial charge >= 0.3 is 0 Å². The smallest absolute Gasteiger partial charge is 0.0862 e. The highest BCUT2D eigenvalue weighted by Gasteiger charge is 2.12. The SMILES string of the molecule is COCCN(CCC#N)CC(O)Cn1cc(N)cn1. The highest BCUT2D eigenvalue weighted by Crippen LogP contribution is 2.01. The van der Waals surface area contributed by atoms with Gasteiger partial charge in [-0.2, -0.15) is 10.4 Å². The lowest BCUT2D eigenvalue weighted by Crippen LogP contribution is -2.37. The normalized spacial score (nSPS) is 12.5. The Balaban J connectivity index is 2.40. The van der Waals surface area contributed by atoms with E-state index in [1.54, 1.807) is 24.2 Å². The molecule has 7 nitrogen and oxygen atoms in total. The molecule has 0 bridgehead atoms. The summed E-state index contributed by atoms with van der Waals surface area (Å²) in [6.07, 6.45) is 3.10. The Morgan fingerprint density at radius 3 is 3.00 bits per heavy atom. The first kappa shape index (κ1) is 15.4. The summed E-state index contributed by atoms with van der Waals surface area (Å²) in [5, 5.41) is 22.7. The monoisotopic (exact) mass is 267 g/mol. The van der Waals surface area contributed by atoms with Gasteiger partial charge in [0, 0.05) is 39.4 Å². The van der Waals surface area contributed by atoms with Crippen LogP contribution in [0.2, 0.25) is 0 Å². The number of nitrogen functional groups attached to an aromatic ring is 1. The number of rotatable bonds is 9. The van der Waals surface area contributed by atoms with Crippen LogP contribution in [-0.4, -0.2) is 59.2 Å². The molecule has 0 aliphatic heterocycles. The van der Waals surface area contributed by atoms with Gasteiger partial charge in [-0.05, 0) is 0 Å². The maximum Gasteiger partial charge on any atom is 0.0862 e. The molecular formula is C12H21N5O2. The van der Waals surface area contributed by atoms with Crippen LogP contribution >= 0.6 is 0 Å². The molecule has 0 saturated heterocycles. The number of nitriles is 1. The molecule has 0 aliphatic carbocycles. The molecular weight excluding hydrogens is 246 g/mol. The molecule has 0 fully saturated rings. The summed E-state index contributed by atoms with van der Waals surface area (Å²) in [5.74, 6) is 0. The van der Waals surface area contributed by atoms with Gasteiger partial charge in [0.1, 0.15) is 0 Å². The average molecular weight is 267 g/mol. The van der Waals surface area contributed by atoms with Crippen molar-refractivity contribution in [3.63, 3.8) is 0 Å². The van der Waals surface area contributed by atoms with Crippen LogP contribution < -0.4 is 5.73 Å². The van der Waals surface area contributed by atoms with Gasteiger partial charge in [0.05, 0.1) is 37.2 Å². The zero-order valence-electron chi connectivity index (χ0n) is 11.2. The fourth-order valence-electron chi connectivity index (χ4n) is 1.77. The van der Waals surface area contributed by atoms with Gasteiger partial charge < -0.3 is 15.6 Å². The number of ether oxygens (including phenoxy) is 1. The Labute approximate surface area is 113 Å². The molecule has 3 N–H and O–H groups in total. The standard InChI is InChI=1S/C12H21N5O2/c1-19-6-5-16(4-2-3-13)9-12(18)10-17-8-11(14)7-15-17/h7-8,12,18H,2,4-6,9-10,14H2,1H3. The number of hydrogen-bond donors (Lipinski definition) is 2. The summed E-state index contributed by atoms with van der Waals surface area (Å²) in [6, 6.07) is 2.10. The predicted octanol–water partition coefficient (Wildman–Crippen LogP) is -0.312. The molecule has 1 rings (SSSR count). The quantitative estimate of drug-likeness (QED) is 0.636. The molecule has 0 amide bonds. The Morgan fingerprint density at radius 1 is 1.63 bits per heavy atom. The van der Waals surface area contributed by atoms with Crippen molar-refractivity contribution >= 4 is 5.69 Å². The second kappa shape index (κ2) is 8.48. The van der Waals surface area contributed by atoms with E-state index in [0.717, 1.165) is 0 Å². The predicted molar refractivity (Wildman–Crippen MR) is 71.2 cm³/mol. The maximum atomic E-state index is 10.0. The third-order valence-electron chi connectivity index (χ3n) is 2.67. The minimum atomic E-state index is -0.560. The van der Waals surface area contributed by atoms with Gasteiger partial charge in [-0.1, -0.05) is 0 Å². The molecule has 0 aromatic carbocycles. The molecule has 7 heteroatoms. The molecule has 0 radical (unpaired) electrons. The van der Waals surface area contributed by atoms with Crippen molar-refractivity contribution in [1.82, 2.24) is 14.7 Å². The second-order valence-electron chi connectivity index (χ2n) is 4.35. The lowest BCUT2D eigenvalue weighted by Gasteiger charge is -2.23. The lowest BCUT2D eigenvalue weighted by atomic mass is 10.3. The Kier molecular flexibility index (Phi) is 6.89. The highest BCUT2D eigenvalue weighted by atomic mass is 16.5. The summed E-state index contributed by atoms with van der Waals surface area (Å²) in [6.45, 7) is 2.75. The summed E-state index contributed by atoms with van der Waals surface area (Å²) in [7, 11) is 1.63. The van der Waals surface area contributed by atoms with Crippen LogP contribution in [0.1, 0.15) is 6.42 Å². The van der Waals surface area contributed by atoms with Crippen LogP contribution in [0, 0.1) is 11.3 Å². The van der Waals surface area contributed by atoms with Gasteiger partial charge in [0.25, 0.3) is 0 Å². The first-order valence-electron chi connectivity index (χ1n) is 6.20. The zero-order valence-corrected chi connectivity index (χ0v) is 11.2. The number of aliphatic hydroxyl groups is 1. The van der Waals surface area contributed by atoms with Gasteiger partial charge in [0.15, 0.2) is 0 Å². The van der Waals surface area contributed by atoms with Crippen LogP contribution in [-0.2, 0) is 11.3 Å². The van der Waals surface area contributed by atoms with Crippen LogP contribution in [0.4, 0.5) is 5.69 Å². The fourth-order valence-corrected chi connectivity index (χ4v) is 1.77. The van der Waals surface area contributed by atoms with E-state index in [-0.39, 0.29) is 0 Å². The first-order chi connectivity index (χ1) is 9.15. The van der Waals surface area contributed by atoms with E-state index < -0.39 is 6.10 Å². The molecule has 0 aliphatic rings. The van der Waals surface area contributed by atoms with E-state index in [4.69, 9.17) is 15.7 Å². The van der Waals surface area contributed by atoms with E-state index >= 15 is 0 Å². The molecule has 19 heavy (non-hydrogen) atoms. The number of aromatic nitrogens is 2. The van der Waals surface area contributed by atoms with Crippen LogP contribution in [0.15, 0.2) is 12.4 Å². The Hall–Kier alpha value is -1.62. The van der Waals surface area contributed by atoms with E-state index in [1.165, 1.54) is 0 Å². The topological polar surface area (TPSA) is 100 Å². The number of methoxy groups -OCH3 is 1. The molecule has 1 heterocycles. The largest absolute Gasteiger partial charge is 0.396 e. The van der Waals surface area contributed by atoms with Crippen LogP contribution in [0.25, 0.3) is 0 Å². The van der Waals surface area contributed by atoms with Crippen molar-refractivity contribution in [2.45, 2.75) is 19.1 Å². The lowest BCUT2D eigenvalue weighted by molar-refractivity contribution is 0.0781. The van der Waals surface area contributed by atoms with E-state index in [0.29, 0.717) is 44.9 Å². The molecule has 1 unspecified atom stereocenters. The molecule has 1 aromatic heterocycles. The summed E-state index contributed by atoms with van der Waals surface area (Å²) in [4.78, 5) is 2.00. The van der Waals surface area contributed by atoms with Gasteiger partial charge in [-0.3, -0.25) is 9.58 Å². The molecule has 0 spiro atoms. The van der Waals surface area contributed by atoms with Crippen molar-refractivity contribution in [2.24, 2.45) is 0 Å². The molecule has 1 atom stereocenters. The van der Waals surface area contributed by atoms with E-state index in [1.807, 2.05) is 4.90 Å². The third-order valence-corrected chi connectivity index (χ3v) is 2.67. The number of nitrogens with zero attached hydrogens (tertiary/aromatic N) is 4. The van der Waals surface area contributed by atoms with Gasteiger partial charge in [-0.25, -0.2) is 0 Å². The third kappa shape index (κ3) is 6.20. The number of nitrogens with two attached hydrogens (primary N) is 1. The van der Waals surface area contributed by atoms with Crippen LogP contribution in [0.5, 0.6) is 0 Å². The maximum absolute atomic E-state index is 10.0. The van der Waals surface area contributed by atoms with E-state index in [2.05, 4.69) is 11.2 Å².